The van der Waals surface area contributed by atoms with Crippen molar-refractivity contribution in [2.45, 2.75) is 6.54 Å². The SMILES string of the molecule is N#Cc1c(F)cccc1NCc1cnco1. The first-order valence-corrected chi connectivity index (χ1v) is 4.61. The van der Waals surface area contributed by atoms with Crippen LogP contribution in [0.1, 0.15) is 11.3 Å². The van der Waals surface area contributed by atoms with Crippen LogP contribution in [0.4, 0.5) is 10.1 Å². The van der Waals surface area contributed by atoms with E-state index >= 15 is 0 Å². The molecule has 1 aromatic carbocycles. The van der Waals surface area contributed by atoms with E-state index in [2.05, 4.69) is 10.3 Å². The molecule has 4 nitrogen and oxygen atoms in total. The number of anilines is 1. The highest BCUT2D eigenvalue weighted by molar-refractivity contribution is 5.57. The van der Waals surface area contributed by atoms with Crippen LogP contribution >= 0.6 is 0 Å². The van der Waals surface area contributed by atoms with Crippen LogP contribution < -0.4 is 5.32 Å². The molecule has 5 heteroatoms. The summed E-state index contributed by atoms with van der Waals surface area (Å²) in [6.45, 7) is 0.359. The fraction of sp³-hybridized carbons (Fsp3) is 0.0909. The lowest BCUT2D eigenvalue weighted by atomic mass is 10.2. The van der Waals surface area contributed by atoms with Crippen molar-refractivity contribution in [3.8, 4) is 6.07 Å². The number of oxazole rings is 1. The molecule has 80 valence electrons. The average molecular weight is 217 g/mol. The van der Waals surface area contributed by atoms with E-state index in [1.165, 1.54) is 12.5 Å². The molecule has 2 rings (SSSR count). The summed E-state index contributed by atoms with van der Waals surface area (Å²) in [6, 6.07) is 6.24. The van der Waals surface area contributed by atoms with E-state index in [-0.39, 0.29) is 5.56 Å². The van der Waals surface area contributed by atoms with Gasteiger partial charge in [0.25, 0.3) is 0 Å². The number of aromatic nitrogens is 1. The zero-order chi connectivity index (χ0) is 11.4. The van der Waals surface area contributed by atoms with Crippen molar-refractivity contribution < 1.29 is 8.81 Å². The summed E-state index contributed by atoms with van der Waals surface area (Å²) in [5.41, 5.74) is 0.445. The van der Waals surface area contributed by atoms with Crippen LogP contribution in [0.5, 0.6) is 0 Å². The van der Waals surface area contributed by atoms with Gasteiger partial charge in [-0.3, -0.25) is 0 Å². The van der Waals surface area contributed by atoms with Gasteiger partial charge in [-0.2, -0.15) is 5.26 Å². The Morgan fingerprint density at radius 3 is 3.06 bits per heavy atom. The number of nitriles is 1. The maximum atomic E-state index is 13.2. The molecule has 1 N–H and O–H groups in total. The highest BCUT2D eigenvalue weighted by Crippen LogP contribution is 2.18. The predicted molar refractivity (Wildman–Crippen MR) is 54.9 cm³/mol. The summed E-state index contributed by atoms with van der Waals surface area (Å²) >= 11 is 0. The van der Waals surface area contributed by atoms with Crippen molar-refractivity contribution >= 4 is 5.69 Å². The Morgan fingerprint density at radius 1 is 1.50 bits per heavy atom. The number of nitrogens with one attached hydrogen (secondary N) is 1. The second kappa shape index (κ2) is 4.45. The van der Waals surface area contributed by atoms with Gasteiger partial charge in [-0.15, -0.1) is 0 Å². The average Bonchev–Trinajstić information content (AvgIpc) is 2.79. The Kier molecular flexibility index (Phi) is 2.83. The van der Waals surface area contributed by atoms with E-state index < -0.39 is 5.82 Å². The molecule has 0 spiro atoms. The first kappa shape index (κ1) is 10.2. The number of benzene rings is 1. The molecule has 0 saturated heterocycles. The van der Waals surface area contributed by atoms with Crippen LogP contribution in [0.25, 0.3) is 0 Å². The van der Waals surface area contributed by atoms with Crippen LogP contribution in [0.2, 0.25) is 0 Å². The third kappa shape index (κ3) is 2.01. The zero-order valence-electron chi connectivity index (χ0n) is 8.27. The Balaban J connectivity index is 2.16. The quantitative estimate of drug-likeness (QED) is 0.856. The van der Waals surface area contributed by atoms with E-state index in [0.717, 1.165) is 0 Å². The largest absolute Gasteiger partial charge is 0.447 e. The molecule has 0 unspecified atom stereocenters. The molecule has 0 aliphatic heterocycles. The summed E-state index contributed by atoms with van der Waals surface area (Å²) in [5.74, 6) is 0.0817. The first-order valence-electron chi connectivity index (χ1n) is 4.61. The molecule has 0 bridgehead atoms. The van der Waals surface area contributed by atoms with Gasteiger partial charge < -0.3 is 9.73 Å². The van der Waals surface area contributed by atoms with Gasteiger partial charge in [-0.1, -0.05) is 6.07 Å². The highest BCUT2D eigenvalue weighted by Gasteiger charge is 2.07. The van der Waals surface area contributed by atoms with Gasteiger partial charge >= 0.3 is 0 Å². The van der Waals surface area contributed by atoms with E-state index in [4.69, 9.17) is 9.68 Å². The van der Waals surface area contributed by atoms with Crippen molar-refractivity contribution in [3.63, 3.8) is 0 Å². The third-order valence-electron chi connectivity index (χ3n) is 2.06. The topological polar surface area (TPSA) is 61.9 Å². The second-order valence-electron chi connectivity index (χ2n) is 3.10. The van der Waals surface area contributed by atoms with Crippen molar-refractivity contribution in [2.75, 3.05) is 5.32 Å². The molecule has 1 heterocycles. The molecule has 0 radical (unpaired) electrons. The number of rotatable bonds is 3. The zero-order valence-corrected chi connectivity index (χ0v) is 8.27. The lowest BCUT2D eigenvalue weighted by Crippen LogP contribution is -2.01. The van der Waals surface area contributed by atoms with Gasteiger partial charge in [0.1, 0.15) is 23.2 Å². The van der Waals surface area contributed by atoms with Crippen molar-refractivity contribution in [2.24, 2.45) is 0 Å². The molecule has 0 fully saturated rings. The molecular weight excluding hydrogens is 209 g/mol. The normalized spacial score (nSPS) is 9.75. The summed E-state index contributed by atoms with van der Waals surface area (Å²) in [6.07, 6.45) is 2.87. The van der Waals surface area contributed by atoms with Crippen molar-refractivity contribution in [3.05, 3.63) is 47.9 Å². The molecule has 16 heavy (non-hydrogen) atoms. The predicted octanol–water partition coefficient (Wildman–Crippen LogP) is 2.30. The summed E-state index contributed by atoms with van der Waals surface area (Å²) in [4.78, 5) is 3.75. The monoisotopic (exact) mass is 217 g/mol. The molecule has 0 amide bonds. The molecule has 0 aliphatic rings. The minimum Gasteiger partial charge on any atom is -0.447 e. The van der Waals surface area contributed by atoms with Gasteiger partial charge in [0, 0.05) is 0 Å². The standard InChI is InChI=1S/C11H8FN3O/c12-10-2-1-3-11(9(10)4-13)15-6-8-5-14-7-16-8/h1-3,5,7,15H,6H2. The summed E-state index contributed by atoms with van der Waals surface area (Å²) in [7, 11) is 0. The van der Waals surface area contributed by atoms with E-state index in [1.807, 2.05) is 6.07 Å². The van der Waals surface area contributed by atoms with Gasteiger partial charge in [0.2, 0.25) is 0 Å². The van der Waals surface area contributed by atoms with Crippen LogP contribution in [0.15, 0.2) is 35.2 Å². The lowest BCUT2D eigenvalue weighted by Gasteiger charge is -2.06. The molecule has 0 saturated carbocycles. The molecule has 2 aromatic rings. The third-order valence-corrected chi connectivity index (χ3v) is 2.06. The molecule has 1 aromatic heterocycles. The van der Waals surface area contributed by atoms with Crippen LogP contribution in [0.3, 0.4) is 0 Å². The van der Waals surface area contributed by atoms with Gasteiger partial charge in [-0.05, 0) is 12.1 Å². The smallest absolute Gasteiger partial charge is 0.180 e. The molecule has 0 atom stereocenters. The Labute approximate surface area is 91.3 Å². The maximum absolute atomic E-state index is 13.2. The van der Waals surface area contributed by atoms with Gasteiger partial charge in [0.15, 0.2) is 6.39 Å². The Bertz CT molecular complexity index is 517. The van der Waals surface area contributed by atoms with Crippen molar-refractivity contribution in [1.82, 2.24) is 4.98 Å². The fourth-order valence-corrected chi connectivity index (χ4v) is 1.30. The van der Waals surface area contributed by atoms with Gasteiger partial charge in [-0.25, -0.2) is 9.37 Å². The summed E-state index contributed by atoms with van der Waals surface area (Å²) in [5, 5.41) is 11.7. The van der Waals surface area contributed by atoms with E-state index in [1.54, 1.807) is 18.3 Å². The first-order chi connectivity index (χ1) is 7.81. The van der Waals surface area contributed by atoms with Crippen LogP contribution in [0, 0.1) is 17.1 Å². The summed E-state index contributed by atoms with van der Waals surface area (Å²) < 4.78 is 18.2. The maximum Gasteiger partial charge on any atom is 0.180 e. The highest BCUT2D eigenvalue weighted by atomic mass is 19.1. The minimum absolute atomic E-state index is 0.00187. The Hall–Kier alpha value is -2.35. The Morgan fingerprint density at radius 2 is 2.38 bits per heavy atom. The van der Waals surface area contributed by atoms with Crippen LogP contribution in [-0.4, -0.2) is 4.98 Å². The lowest BCUT2D eigenvalue weighted by molar-refractivity contribution is 0.511. The fourth-order valence-electron chi connectivity index (χ4n) is 1.30. The number of hydrogen-bond acceptors (Lipinski definition) is 4. The van der Waals surface area contributed by atoms with E-state index in [0.29, 0.717) is 18.0 Å². The molecular formula is C11H8FN3O. The van der Waals surface area contributed by atoms with E-state index in [9.17, 15) is 4.39 Å². The number of halogens is 1. The van der Waals surface area contributed by atoms with Crippen LogP contribution in [-0.2, 0) is 6.54 Å². The number of nitrogens with zero attached hydrogens (tertiary/aromatic N) is 2. The second-order valence-corrected chi connectivity index (χ2v) is 3.10. The van der Waals surface area contributed by atoms with Gasteiger partial charge in [0.05, 0.1) is 18.4 Å². The van der Waals surface area contributed by atoms with Crippen molar-refractivity contribution in [1.29, 1.82) is 5.26 Å². The minimum atomic E-state index is -0.537. The molecule has 0 aliphatic carbocycles. The number of hydrogen-bond donors (Lipinski definition) is 1.